The highest BCUT2D eigenvalue weighted by Gasteiger charge is 2.14. The number of aromatic nitrogens is 1. The van der Waals surface area contributed by atoms with Gasteiger partial charge < -0.3 is 10.2 Å². The summed E-state index contributed by atoms with van der Waals surface area (Å²) in [4.78, 5) is 18.4. The molecule has 1 aromatic rings. The van der Waals surface area contributed by atoms with Gasteiger partial charge in [-0.15, -0.1) is 0 Å². The maximum absolute atomic E-state index is 12.3. The Balaban J connectivity index is 2.97. The van der Waals surface area contributed by atoms with Crippen LogP contribution in [-0.2, 0) is 0 Å². The third-order valence-electron chi connectivity index (χ3n) is 2.62. The van der Waals surface area contributed by atoms with Gasteiger partial charge in [0.1, 0.15) is 5.82 Å². The van der Waals surface area contributed by atoms with Crippen molar-refractivity contribution in [2.24, 2.45) is 0 Å². The molecule has 4 nitrogen and oxygen atoms in total. The molecule has 0 saturated heterocycles. The number of carbonyl (C=O) groups is 1. The van der Waals surface area contributed by atoms with E-state index >= 15 is 0 Å². The Morgan fingerprint density at radius 1 is 1.41 bits per heavy atom. The lowest BCUT2D eigenvalue weighted by atomic mass is 10.2. The molecule has 0 saturated carbocycles. The van der Waals surface area contributed by atoms with Crippen LogP contribution in [0.1, 0.15) is 36.3 Å². The second-order valence-corrected chi connectivity index (χ2v) is 4.02. The van der Waals surface area contributed by atoms with Crippen molar-refractivity contribution in [1.82, 2.24) is 9.88 Å². The zero-order chi connectivity index (χ0) is 12.8. The van der Waals surface area contributed by atoms with Gasteiger partial charge in [0.2, 0.25) is 0 Å². The normalized spacial score (nSPS) is 10.1. The van der Waals surface area contributed by atoms with Crippen LogP contribution < -0.4 is 5.32 Å². The number of amides is 1. The van der Waals surface area contributed by atoms with Gasteiger partial charge >= 0.3 is 0 Å². The van der Waals surface area contributed by atoms with E-state index in [9.17, 15) is 4.79 Å². The van der Waals surface area contributed by atoms with Crippen LogP contribution in [0.5, 0.6) is 0 Å². The van der Waals surface area contributed by atoms with Crippen LogP contribution in [0.3, 0.4) is 0 Å². The van der Waals surface area contributed by atoms with Crippen molar-refractivity contribution in [2.45, 2.75) is 27.2 Å². The molecule has 0 aliphatic heterocycles. The van der Waals surface area contributed by atoms with E-state index in [2.05, 4.69) is 17.2 Å². The van der Waals surface area contributed by atoms with E-state index in [1.165, 1.54) is 0 Å². The number of hydrogen-bond acceptors (Lipinski definition) is 3. The highest BCUT2D eigenvalue weighted by atomic mass is 16.2. The van der Waals surface area contributed by atoms with Gasteiger partial charge in [0.05, 0.1) is 0 Å². The van der Waals surface area contributed by atoms with Gasteiger partial charge in [-0.2, -0.15) is 0 Å². The second kappa shape index (κ2) is 6.23. The standard InChI is InChI=1S/C13H21N3O/c1-5-7-16(6-2)13(17)11-8-10(3)15-12(9-11)14-4/h8-9H,5-7H2,1-4H3,(H,14,15). The number of anilines is 1. The molecular formula is C13H21N3O. The number of carbonyl (C=O) groups excluding carboxylic acids is 1. The van der Waals surface area contributed by atoms with Gasteiger partial charge in [-0.25, -0.2) is 4.98 Å². The Morgan fingerprint density at radius 3 is 2.65 bits per heavy atom. The van der Waals surface area contributed by atoms with E-state index in [-0.39, 0.29) is 5.91 Å². The fourth-order valence-corrected chi connectivity index (χ4v) is 1.78. The number of nitrogens with one attached hydrogen (secondary N) is 1. The number of aryl methyl sites for hydroxylation is 1. The van der Waals surface area contributed by atoms with Gasteiger partial charge in [-0.3, -0.25) is 4.79 Å². The van der Waals surface area contributed by atoms with Crippen LogP contribution >= 0.6 is 0 Å². The summed E-state index contributed by atoms with van der Waals surface area (Å²) in [5, 5.41) is 2.97. The first-order chi connectivity index (χ1) is 8.12. The van der Waals surface area contributed by atoms with E-state index in [0.29, 0.717) is 5.56 Å². The van der Waals surface area contributed by atoms with Crippen molar-refractivity contribution < 1.29 is 4.79 Å². The van der Waals surface area contributed by atoms with Gasteiger partial charge in [0.15, 0.2) is 0 Å². The topological polar surface area (TPSA) is 45.2 Å². The summed E-state index contributed by atoms with van der Waals surface area (Å²) in [6.45, 7) is 7.51. The summed E-state index contributed by atoms with van der Waals surface area (Å²) in [6.07, 6.45) is 0.975. The first kappa shape index (κ1) is 13.5. The zero-order valence-corrected chi connectivity index (χ0v) is 11.1. The highest BCUT2D eigenvalue weighted by Crippen LogP contribution is 2.12. The van der Waals surface area contributed by atoms with Crippen molar-refractivity contribution >= 4 is 11.7 Å². The van der Waals surface area contributed by atoms with E-state index in [0.717, 1.165) is 31.0 Å². The molecule has 1 N–H and O–H groups in total. The molecule has 0 aliphatic carbocycles. The third kappa shape index (κ3) is 3.44. The van der Waals surface area contributed by atoms with Crippen LogP contribution in [0.4, 0.5) is 5.82 Å². The predicted molar refractivity (Wildman–Crippen MR) is 70.4 cm³/mol. The molecule has 0 bridgehead atoms. The minimum Gasteiger partial charge on any atom is -0.373 e. The smallest absolute Gasteiger partial charge is 0.254 e. The number of pyridine rings is 1. The maximum Gasteiger partial charge on any atom is 0.254 e. The number of hydrogen-bond donors (Lipinski definition) is 1. The molecule has 0 aromatic carbocycles. The Kier molecular flexibility index (Phi) is 4.94. The minimum absolute atomic E-state index is 0.0800. The molecule has 0 unspecified atom stereocenters. The summed E-state index contributed by atoms with van der Waals surface area (Å²) in [6, 6.07) is 3.63. The molecule has 94 valence electrons. The van der Waals surface area contributed by atoms with Crippen LogP contribution in [0.15, 0.2) is 12.1 Å². The molecule has 1 amide bonds. The molecule has 0 spiro atoms. The average molecular weight is 235 g/mol. The minimum atomic E-state index is 0.0800. The zero-order valence-electron chi connectivity index (χ0n) is 11.1. The highest BCUT2D eigenvalue weighted by molar-refractivity contribution is 5.95. The molecule has 0 radical (unpaired) electrons. The van der Waals surface area contributed by atoms with Crippen LogP contribution in [0, 0.1) is 6.92 Å². The molecule has 17 heavy (non-hydrogen) atoms. The molecular weight excluding hydrogens is 214 g/mol. The largest absolute Gasteiger partial charge is 0.373 e. The molecule has 1 aromatic heterocycles. The predicted octanol–water partition coefficient (Wildman–Crippen LogP) is 2.30. The Bertz CT molecular complexity index is 390. The van der Waals surface area contributed by atoms with E-state index in [1.54, 1.807) is 13.1 Å². The lowest BCUT2D eigenvalue weighted by molar-refractivity contribution is 0.0764. The van der Waals surface area contributed by atoms with Gasteiger partial charge in [0, 0.05) is 31.4 Å². The second-order valence-electron chi connectivity index (χ2n) is 4.02. The van der Waals surface area contributed by atoms with Gasteiger partial charge in [0.25, 0.3) is 5.91 Å². The fraction of sp³-hybridized carbons (Fsp3) is 0.538. The lowest BCUT2D eigenvalue weighted by Gasteiger charge is -2.20. The molecule has 1 heterocycles. The van der Waals surface area contributed by atoms with E-state index < -0.39 is 0 Å². The van der Waals surface area contributed by atoms with Crippen molar-refractivity contribution in [1.29, 1.82) is 0 Å². The van der Waals surface area contributed by atoms with Crippen LogP contribution in [0.25, 0.3) is 0 Å². The van der Waals surface area contributed by atoms with E-state index in [4.69, 9.17) is 0 Å². The van der Waals surface area contributed by atoms with E-state index in [1.807, 2.05) is 24.8 Å². The summed E-state index contributed by atoms with van der Waals surface area (Å²) in [5.74, 6) is 0.817. The quantitative estimate of drug-likeness (QED) is 0.851. The first-order valence-corrected chi connectivity index (χ1v) is 6.08. The van der Waals surface area contributed by atoms with Crippen LogP contribution in [-0.4, -0.2) is 35.9 Å². The maximum atomic E-state index is 12.3. The summed E-state index contributed by atoms with van der Waals surface area (Å²) in [7, 11) is 1.81. The summed E-state index contributed by atoms with van der Waals surface area (Å²) in [5.41, 5.74) is 1.56. The Labute approximate surface area is 103 Å². The first-order valence-electron chi connectivity index (χ1n) is 6.08. The van der Waals surface area contributed by atoms with Gasteiger partial charge in [-0.1, -0.05) is 6.92 Å². The SMILES string of the molecule is CCCN(CC)C(=O)c1cc(C)nc(NC)c1. The monoisotopic (exact) mass is 235 g/mol. The number of rotatable bonds is 5. The van der Waals surface area contributed by atoms with Gasteiger partial charge in [-0.05, 0) is 32.4 Å². The number of nitrogens with zero attached hydrogens (tertiary/aromatic N) is 2. The van der Waals surface area contributed by atoms with Crippen molar-refractivity contribution in [2.75, 3.05) is 25.5 Å². The third-order valence-corrected chi connectivity index (χ3v) is 2.62. The van der Waals surface area contributed by atoms with Crippen LogP contribution in [0.2, 0.25) is 0 Å². The van der Waals surface area contributed by atoms with Crippen molar-refractivity contribution in [3.63, 3.8) is 0 Å². The lowest BCUT2D eigenvalue weighted by Crippen LogP contribution is -2.31. The summed E-state index contributed by atoms with van der Waals surface area (Å²) >= 11 is 0. The van der Waals surface area contributed by atoms with Crippen molar-refractivity contribution in [3.05, 3.63) is 23.4 Å². The molecule has 0 fully saturated rings. The Morgan fingerprint density at radius 2 is 2.12 bits per heavy atom. The molecule has 0 atom stereocenters. The van der Waals surface area contributed by atoms with Crippen molar-refractivity contribution in [3.8, 4) is 0 Å². The average Bonchev–Trinajstić information content (AvgIpc) is 2.34. The molecule has 0 aliphatic rings. The Hall–Kier alpha value is -1.58. The fourth-order valence-electron chi connectivity index (χ4n) is 1.78. The molecule has 4 heteroatoms. The summed E-state index contributed by atoms with van der Waals surface area (Å²) < 4.78 is 0. The molecule has 1 rings (SSSR count).